The summed E-state index contributed by atoms with van der Waals surface area (Å²) in [5.74, 6) is -0.338. The highest BCUT2D eigenvalue weighted by Gasteiger charge is 2.03. The third kappa shape index (κ3) is 4.18. The first-order valence-corrected chi connectivity index (χ1v) is 4.42. The first kappa shape index (κ1) is 13.7. The summed E-state index contributed by atoms with van der Waals surface area (Å²) in [6.07, 6.45) is 0. The van der Waals surface area contributed by atoms with Gasteiger partial charge in [0.25, 0.3) is 0 Å². The van der Waals surface area contributed by atoms with E-state index in [1.54, 1.807) is 4.90 Å². The third-order valence-electron chi connectivity index (χ3n) is 2.01. The van der Waals surface area contributed by atoms with E-state index in [9.17, 15) is 4.79 Å². The molecule has 0 aliphatic rings. The van der Waals surface area contributed by atoms with E-state index < -0.39 is 0 Å². The fourth-order valence-corrected chi connectivity index (χ4v) is 1.21. The van der Waals surface area contributed by atoms with Crippen LogP contribution in [0.15, 0.2) is 24.3 Å². The van der Waals surface area contributed by atoms with E-state index in [1.165, 1.54) is 0 Å². The van der Waals surface area contributed by atoms with Gasteiger partial charge in [0.05, 0.1) is 6.54 Å². The number of anilines is 1. The zero-order valence-corrected chi connectivity index (χ0v) is 9.46. The van der Waals surface area contributed by atoms with Gasteiger partial charge in [-0.3, -0.25) is 4.79 Å². The van der Waals surface area contributed by atoms with E-state index >= 15 is 0 Å². The van der Waals surface area contributed by atoms with Gasteiger partial charge in [-0.2, -0.15) is 0 Å². The lowest BCUT2D eigenvalue weighted by Gasteiger charge is -2.17. The van der Waals surface area contributed by atoms with Crippen molar-refractivity contribution in [3.05, 3.63) is 29.8 Å². The number of nitrogens with zero attached hydrogens (tertiary/aromatic N) is 1. The van der Waals surface area contributed by atoms with Gasteiger partial charge < -0.3 is 16.4 Å². The van der Waals surface area contributed by atoms with Gasteiger partial charge in [0.2, 0.25) is 5.91 Å². The molecule has 0 aliphatic carbocycles. The SMILES string of the molecule is CN(CC(N)=O)c1ccc(CN)cc1.Cl. The molecule has 0 atom stereocenters. The van der Waals surface area contributed by atoms with Crippen molar-refractivity contribution in [1.29, 1.82) is 0 Å². The normalized spacial score (nSPS) is 9.20. The minimum absolute atomic E-state index is 0. The maximum atomic E-state index is 10.7. The van der Waals surface area contributed by atoms with Crippen LogP contribution >= 0.6 is 12.4 Å². The molecule has 1 rings (SSSR count). The number of amides is 1. The minimum Gasteiger partial charge on any atom is -0.368 e. The first-order chi connectivity index (χ1) is 6.63. The summed E-state index contributed by atoms with van der Waals surface area (Å²) in [6, 6.07) is 7.72. The summed E-state index contributed by atoms with van der Waals surface area (Å²) >= 11 is 0. The standard InChI is InChI=1S/C10H15N3O.ClH/c1-13(7-10(12)14)9-4-2-8(6-11)3-5-9;/h2-5H,6-7,11H2,1H3,(H2,12,14);1H. The zero-order valence-electron chi connectivity index (χ0n) is 8.64. The molecule has 0 unspecified atom stereocenters. The Morgan fingerprint density at radius 2 is 1.87 bits per heavy atom. The Hall–Kier alpha value is -1.26. The van der Waals surface area contributed by atoms with Crippen molar-refractivity contribution in [2.45, 2.75) is 6.54 Å². The summed E-state index contributed by atoms with van der Waals surface area (Å²) in [5.41, 5.74) is 12.6. The molecule has 0 aromatic heterocycles. The van der Waals surface area contributed by atoms with Gasteiger partial charge in [0, 0.05) is 19.3 Å². The van der Waals surface area contributed by atoms with Gasteiger partial charge in [-0.25, -0.2) is 0 Å². The van der Waals surface area contributed by atoms with Crippen molar-refractivity contribution >= 4 is 24.0 Å². The van der Waals surface area contributed by atoms with E-state index in [0.29, 0.717) is 6.54 Å². The van der Waals surface area contributed by atoms with E-state index in [0.717, 1.165) is 11.3 Å². The van der Waals surface area contributed by atoms with E-state index in [-0.39, 0.29) is 24.9 Å². The molecule has 0 saturated heterocycles. The fraction of sp³-hybridized carbons (Fsp3) is 0.300. The molecule has 4 N–H and O–H groups in total. The molecule has 0 fully saturated rings. The van der Waals surface area contributed by atoms with Crippen LogP contribution in [0.4, 0.5) is 5.69 Å². The van der Waals surface area contributed by atoms with Crippen LogP contribution in [0.1, 0.15) is 5.56 Å². The van der Waals surface area contributed by atoms with Gasteiger partial charge in [-0.15, -0.1) is 12.4 Å². The Morgan fingerprint density at radius 1 is 1.33 bits per heavy atom. The molecule has 5 heteroatoms. The molecule has 4 nitrogen and oxygen atoms in total. The summed E-state index contributed by atoms with van der Waals surface area (Å²) in [5, 5.41) is 0. The Bertz CT molecular complexity index is 313. The minimum atomic E-state index is -0.338. The second-order valence-corrected chi connectivity index (χ2v) is 3.19. The molecule has 84 valence electrons. The number of rotatable bonds is 4. The Balaban J connectivity index is 0.00000196. The van der Waals surface area contributed by atoms with Crippen LogP contribution in [0.25, 0.3) is 0 Å². The van der Waals surface area contributed by atoms with Gasteiger partial charge in [0.15, 0.2) is 0 Å². The molecule has 0 radical (unpaired) electrons. The lowest BCUT2D eigenvalue weighted by Crippen LogP contribution is -2.30. The largest absolute Gasteiger partial charge is 0.368 e. The number of carbonyl (C=O) groups is 1. The number of halogens is 1. The van der Waals surface area contributed by atoms with Crippen LogP contribution in [0, 0.1) is 0 Å². The Labute approximate surface area is 95.6 Å². The highest BCUT2D eigenvalue weighted by atomic mass is 35.5. The molecule has 0 saturated carbocycles. The van der Waals surface area contributed by atoms with Crippen molar-refractivity contribution in [3.8, 4) is 0 Å². The predicted molar refractivity (Wildman–Crippen MR) is 64.0 cm³/mol. The summed E-state index contributed by atoms with van der Waals surface area (Å²) < 4.78 is 0. The molecule has 0 aliphatic heterocycles. The number of benzene rings is 1. The molecular formula is C10H16ClN3O. The molecule has 0 heterocycles. The molecule has 1 aromatic carbocycles. The van der Waals surface area contributed by atoms with Crippen molar-refractivity contribution < 1.29 is 4.79 Å². The molecule has 0 bridgehead atoms. The molecule has 1 aromatic rings. The van der Waals surface area contributed by atoms with Crippen molar-refractivity contribution in [1.82, 2.24) is 0 Å². The van der Waals surface area contributed by atoms with Crippen molar-refractivity contribution in [3.63, 3.8) is 0 Å². The van der Waals surface area contributed by atoms with Crippen LogP contribution in [0.3, 0.4) is 0 Å². The Kier molecular flexibility index (Phi) is 5.74. The monoisotopic (exact) mass is 229 g/mol. The van der Waals surface area contributed by atoms with Gasteiger partial charge in [0.1, 0.15) is 0 Å². The zero-order chi connectivity index (χ0) is 10.6. The second kappa shape index (κ2) is 6.27. The summed E-state index contributed by atoms with van der Waals surface area (Å²) in [6.45, 7) is 0.752. The molecule has 0 spiro atoms. The van der Waals surface area contributed by atoms with Crippen LogP contribution in [0.5, 0.6) is 0 Å². The molecular weight excluding hydrogens is 214 g/mol. The quantitative estimate of drug-likeness (QED) is 0.789. The predicted octanol–water partition coefficient (Wildman–Crippen LogP) is 0.489. The van der Waals surface area contributed by atoms with Crippen molar-refractivity contribution in [2.75, 3.05) is 18.5 Å². The maximum absolute atomic E-state index is 10.7. The second-order valence-electron chi connectivity index (χ2n) is 3.19. The first-order valence-electron chi connectivity index (χ1n) is 4.42. The number of nitrogens with two attached hydrogens (primary N) is 2. The van der Waals surface area contributed by atoms with E-state index in [4.69, 9.17) is 11.5 Å². The van der Waals surface area contributed by atoms with E-state index in [2.05, 4.69) is 0 Å². The Morgan fingerprint density at radius 3 is 2.27 bits per heavy atom. The van der Waals surface area contributed by atoms with Crippen LogP contribution in [-0.2, 0) is 11.3 Å². The summed E-state index contributed by atoms with van der Waals surface area (Å²) in [4.78, 5) is 12.5. The number of primary amides is 1. The summed E-state index contributed by atoms with van der Waals surface area (Å²) in [7, 11) is 1.82. The average Bonchev–Trinajstić information content (AvgIpc) is 2.17. The number of likely N-dealkylation sites (N-methyl/N-ethyl adjacent to an activating group) is 1. The average molecular weight is 230 g/mol. The number of hydrogen-bond donors (Lipinski definition) is 2. The van der Waals surface area contributed by atoms with Crippen LogP contribution in [0.2, 0.25) is 0 Å². The van der Waals surface area contributed by atoms with Gasteiger partial charge in [-0.1, -0.05) is 12.1 Å². The topological polar surface area (TPSA) is 72.3 Å². The highest BCUT2D eigenvalue weighted by molar-refractivity contribution is 5.85. The highest BCUT2D eigenvalue weighted by Crippen LogP contribution is 2.12. The lowest BCUT2D eigenvalue weighted by atomic mass is 10.2. The van der Waals surface area contributed by atoms with E-state index in [1.807, 2.05) is 31.3 Å². The lowest BCUT2D eigenvalue weighted by molar-refractivity contribution is -0.116. The molecule has 1 amide bonds. The fourth-order valence-electron chi connectivity index (χ4n) is 1.21. The smallest absolute Gasteiger partial charge is 0.236 e. The van der Waals surface area contributed by atoms with Crippen LogP contribution in [-0.4, -0.2) is 19.5 Å². The number of carbonyl (C=O) groups excluding carboxylic acids is 1. The maximum Gasteiger partial charge on any atom is 0.236 e. The van der Waals surface area contributed by atoms with Gasteiger partial charge in [-0.05, 0) is 17.7 Å². The number of hydrogen-bond acceptors (Lipinski definition) is 3. The third-order valence-corrected chi connectivity index (χ3v) is 2.01. The van der Waals surface area contributed by atoms with Crippen molar-refractivity contribution in [2.24, 2.45) is 11.5 Å². The van der Waals surface area contributed by atoms with Gasteiger partial charge >= 0.3 is 0 Å². The van der Waals surface area contributed by atoms with Crippen LogP contribution < -0.4 is 16.4 Å². The molecule has 15 heavy (non-hydrogen) atoms.